The molecule has 1 aliphatic rings. The number of amides is 1. The van der Waals surface area contributed by atoms with Crippen molar-refractivity contribution in [2.45, 2.75) is 0 Å². The molecule has 1 aromatic carbocycles. The van der Waals surface area contributed by atoms with Crippen LogP contribution in [-0.4, -0.2) is 36.1 Å². The number of phenols is 1. The number of aromatic nitrogens is 1. The summed E-state index contributed by atoms with van der Waals surface area (Å²) in [6, 6.07) is 10.3. The largest absolute Gasteiger partial charge is 0.508 e. The van der Waals surface area contributed by atoms with E-state index in [0.29, 0.717) is 30.2 Å². The van der Waals surface area contributed by atoms with Crippen LogP contribution in [0.2, 0.25) is 0 Å². The second-order valence-corrected chi connectivity index (χ2v) is 4.77. The van der Waals surface area contributed by atoms with Crippen molar-refractivity contribution in [3.05, 3.63) is 48.2 Å². The first kappa shape index (κ1) is 12.5. The lowest BCUT2D eigenvalue weighted by atomic mass is 10.2. The maximum absolute atomic E-state index is 12.7. The highest BCUT2D eigenvalue weighted by Gasteiger charge is 2.26. The van der Waals surface area contributed by atoms with Crippen LogP contribution < -0.4 is 9.80 Å². The fraction of sp³-hybridized carbons (Fsp3) is 0.200. The van der Waals surface area contributed by atoms with Gasteiger partial charge in [-0.1, -0.05) is 6.07 Å². The molecule has 5 heteroatoms. The highest BCUT2D eigenvalue weighted by atomic mass is 16.3. The molecular formula is C15H15N3O2. The number of likely N-dealkylation sites (N-methyl/N-ethyl adjacent to an activating group) is 1. The number of aromatic hydroxyl groups is 1. The molecule has 0 unspecified atom stereocenters. The summed E-state index contributed by atoms with van der Waals surface area (Å²) in [6.07, 6.45) is 1.69. The van der Waals surface area contributed by atoms with Crippen molar-refractivity contribution in [1.29, 1.82) is 0 Å². The number of anilines is 2. The van der Waals surface area contributed by atoms with E-state index in [0.717, 1.165) is 0 Å². The van der Waals surface area contributed by atoms with Crippen molar-refractivity contribution >= 4 is 17.4 Å². The van der Waals surface area contributed by atoms with Crippen molar-refractivity contribution in [1.82, 2.24) is 4.98 Å². The number of pyridine rings is 1. The van der Waals surface area contributed by atoms with E-state index in [9.17, 15) is 9.90 Å². The average molecular weight is 269 g/mol. The number of hydrogen-bond donors (Lipinski definition) is 1. The van der Waals surface area contributed by atoms with Crippen LogP contribution >= 0.6 is 0 Å². The van der Waals surface area contributed by atoms with Gasteiger partial charge in [-0.15, -0.1) is 0 Å². The lowest BCUT2D eigenvalue weighted by Gasteiger charge is -2.21. The van der Waals surface area contributed by atoms with E-state index in [1.165, 1.54) is 0 Å². The minimum Gasteiger partial charge on any atom is -0.508 e. The Hall–Kier alpha value is -2.56. The summed E-state index contributed by atoms with van der Waals surface area (Å²) in [4.78, 5) is 20.6. The molecule has 0 bridgehead atoms. The molecule has 1 N–H and O–H groups in total. The number of hydrogen-bond acceptors (Lipinski definition) is 4. The molecular weight excluding hydrogens is 254 g/mol. The Morgan fingerprint density at radius 1 is 1.20 bits per heavy atom. The van der Waals surface area contributed by atoms with Crippen LogP contribution in [0.1, 0.15) is 10.4 Å². The molecule has 0 saturated carbocycles. The molecule has 3 rings (SSSR count). The minimum absolute atomic E-state index is 0.0944. The van der Waals surface area contributed by atoms with E-state index in [-0.39, 0.29) is 11.7 Å². The summed E-state index contributed by atoms with van der Waals surface area (Å²) in [7, 11) is 1.92. The molecule has 5 nitrogen and oxygen atoms in total. The molecule has 2 heterocycles. The highest BCUT2D eigenvalue weighted by molar-refractivity contribution is 6.09. The van der Waals surface area contributed by atoms with Gasteiger partial charge in [0.2, 0.25) is 0 Å². The van der Waals surface area contributed by atoms with Gasteiger partial charge in [-0.25, -0.2) is 4.98 Å². The van der Waals surface area contributed by atoms with Gasteiger partial charge in [0, 0.05) is 38.1 Å². The number of carbonyl (C=O) groups excluding carboxylic acids is 1. The van der Waals surface area contributed by atoms with Crippen LogP contribution in [0.3, 0.4) is 0 Å². The first-order chi connectivity index (χ1) is 9.66. The van der Waals surface area contributed by atoms with E-state index >= 15 is 0 Å². The molecule has 0 spiro atoms. The second-order valence-electron chi connectivity index (χ2n) is 4.77. The summed E-state index contributed by atoms with van der Waals surface area (Å²) >= 11 is 0. The van der Waals surface area contributed by atoms with Crippen LogP contribution in [0.4, 0.5) is 11.5 Å². The molecule has 1 aliphatic heterocycles. The molecule has 2 aromatic rings. The third kappa shape index (κ3) is 2.07. The maximum Gasteiger partial charge on any atom is 0.262 e. The zero-order chi connectivity index (χ0) is 14.1. The van der Waals surface area contributed by atoms with Crippen LogP contribution in [0, 0.1) is 0 Å². The smallest absolute Gasteiger partial charge is 0.262 e. The Kier molecular flexibility index (Phi) is 3.02. The van der Waals surface area contributed by atoms with E-state index in [2.05, 4.69) is 4.98 Å². The van der Waals surface area contributed by atoms with Crippen LogP contribution in [0.25, 0.3) is 0 Å². The SMILES string of the molecule is CN1CCN(c2cccc(O)c2)C(=O)c2cccnc21. The molecule has 1 aromatic heterocycles. The van der Waals surface area contributed by atoms with Crippen molar-refractivity contribution < 1.29 is 9.90 Å². The lowest BCUT2D eigenvalue weighted by molar-refractivity contribution is 0.0990. The maximum atomic E-state index is 12.7. The van der Waals surface area contributed by atoms with E-state index in [1.54, 1.807) is 41.4 Å². The number of phenolic OH excluding ortho intramolecular Hbond substituents is 1. The van der Waals surface area contributed by atoms with Crippen LogP contribution in [-0.2, 0) is 0 Å². The number of nitrogens with zero attached hydrogens (tertiary/aromatic N) is 3. The van der Waals surface area contributed by atoms with Gasteiger partial charge in [-0.3, -0.25) is 4.79 Å². The van der Waals surface area contributed by atoms with Crippen molar-refractivity contribution in [2.24, 2.45) is 0 Å². The van der Waals surface area contributed by atoms with Crippen molar-refractivity contribution in [2.75, 3.05) is 29.9 Å². The topological polar surface area (TPSA) is 56.7 Å². The van der Waals surface area contributed by atoms with Gasteiger partial charge < -0.3 is 14.9 Å². The lowest BCUT2D eigenvalue weighted by Crippen LogP contribution is -2.33. The van der Waals surface area contributed by atoms with Crippen molar-refractivity contribution in [3.8, 4) is 5.75 Å². The summed E-state index contributed by atoms with van der Waals surface area (Å²) in [5.74, 6) is 0.752. The number of fused-ring (bicyclic) bond motifs is 1. The minimum atomic E-state index is -0.0944. The molecule has 20 heavy (non-hydrogen) atoms. The zero-order valence-electron chi connectivity index (χ0n) is 11.2. The van der Waals surface area contributed by atoms with Crippen LogP contribution in [0.15, 0.2) is 42.6 Å². The fourth-order valence-electron chi connectivity index (χ4n) is 2.38. The van der Waals surface area contributed by atoms with Gasteiger partial charge in [-0.2, -0.15) is 0 Å². The van der Waals surface area contributed by atoms with Gasteiger partial charge in [0.1, 0.15) is 11.6 Å². The normalized spacial score (nSPS) is 14.9. The molecule has 0 radical (unpaired) electrons. The van der Waals surface area contributed by atoms with Crippen molar-refractivity contribution in [3.63, 3.8) is 0 Å². The fourth-order valence-corrected chi connectivity index (χ4v) is 2.38. The van der Waals surface area contributed by atoms with Gasteiger partial charge in [0.25, 0.3) is 5.91 Å². The first-order valence-electron chi connectivity index (χ1n) is 6.44. The molecule has 0 fully saturated rings. The predicted molar refractivity (Wildman–Crippen MR) is 77.3 cm³/mol. The Bertz CT molecular complexity index is 657. The van der Waals surface area contributed by atoms with E-state index < -0.39 is 0 Å². The summed E-state index contributed by atoms with van der Waals surface area (Å²) in [5, 5.41) is 9.59. The number of benzene rings is 1. The predicted octanol–water partition coefficient (Wildman–Crippen LogP) is 1.88. The third-order valence-corrected chi connectivity index (χ3v) is 3.42. The average Bonchev–Trinajstić information content (AvgIpc) is 2.58. The molecule has 0 aliphatic carbocycles. The Balaban J connectivity index is 2.06. The Morgan fingerprint density at radius 2 is 2.05 bits per heavy atom. The molecule has 0 saturated heterocycles. The van der Waals surface area contributed by atoms with Gasteiger partial charge >= 0.3 is 0 Å². The standard InChI is InChI=1S/C15H15N3O2/c1-17-8-9-18(11-4-2-5-12(19)10-11)15(20)13-6-3-7-16-14(13)17/h2-7,10,19H,8-9H2,1H3. The van der Waals surface area contributed by atoms with Gasteiger partial charge in [-0.05, 0) is 24.3 Å². The van der Waals surface area contributed by atoms with Crippen LogP contribution in [0.5, 0.6) is 5.75 Å². The van der Waals surface area contributed by atoms with E-state index in [4.69, 9.17) is 0 Å². The summed E-state index contributed by atoms with van der Waals surface area (Å²) < 4.78 is 0. The third-order valence-electron chi connectivity index (χ3n) is 3.42. The monoisotopic (exact) mass is 269 g/mol. The zero-order valence-corrected chi connectivity index (χ0v) is 11.2. The molecule has 102 valence electrons. The Morgan fingerprint density at radius 3 is 2.85 bits per heavy atom. The quantitative estimate of drug-likeness (QED) is 0.859. The summed E-state index contributed by atoms with van der Waals surface area (Å²) in [6.45, 7) is 1.24. The number of rotatable bonds is 1. The van der Waals surface area contributed by atoms with Gasteiger partial charge in [0.15, 0.2) is 0 Å². The van der Waals surface area contributed by atoms with Gasteiger partial charge in [0.05, 0.1) is 5.56 Å². The first-order valence-corrected chi connectivity index (χ1v) is 6.44. The summed E-state index contributed by atoms with van der Waals surface area (Å²) in [5.41, 5.74) is 1.27. The molecule has 0 atom stereocenters. The number of carbonyl (C=O) groups is 1. The van der Waals surface area contributed by atoms with E-state index in [1.807, 2.05) is 18.0 Å². The Labute approximate surface area is 117 Å². The second kappa shape index (κ2) is 4.85. The molecule has 1 amide bonds. The highest BCUT2D eigenvalue weighted by Crippen LogP contribution is 2.27.